The highest BCUT2D eigenvalue weighted by molar-refractivity contribution is 14.2. The Balaban J connectivity index is 1.92. The molecule has 0 atom stereocenters. The van der Waals surface area contributed by atoms with Crippen molar-refractivity contribution in [2.45, 2.75) is 6.61 Å². The molecular weight excluding hydrogens is 315 g/mol. The van der Waals surface area contributed by atoms with Gasteiger partial charge >= 0.3 is 5.97 Å². The second-order valence-corrected chi connectivity index (χ2v) is 5.39. The van der Waals surface area contributed by atoms with Crippen LogP contribution in [0.15, 0.2) is 52.1 Å². The van der Waals surface area contributed by atoms with E-state index in [4.69, 9.17) is 4.74 Å². The summed E-state index contributed by atoms with van der Waals surface area (Å²) in [4.78, 5) is 11.6. The lowest BCUT2D eigenvalue weighted by Crippen LogP contribution is -2.07. The van der Waals surface area contributed by atoms with E-state index >= 15 is 0 Å². The van der Waals surface area contributed by atoms with Crippen LogP contribution in [-0.2, 0) is 16.1 Å². The van der Waals surface area contributed by atoms with Gasteiger partial charge in [0.1, 0.15) is 6.61 Å². The topological polar surface area (TPSA) is 26.3 Å². The van der Waals surface area contributed by atoms with Crippen LogP contribution in [0.25, 0.3) is 0 Å². The van der Waals surface area contributed by atoms with Gasteiger partial charge in [-0.2, -0.15) is 0 Å². The molecule has 0 spiro atoms. The first-order chi connectivity index (χ1) is 7.86. The van der Waals surface area contributed by atoms with Gasteiger partial charge in [-0.1, -0.05) is 51.1 Å². The standard InChI is InChI=1S/C13H11IO2/c15-13(12-6-8-14-9-7-12)16-10-11-4-2-1-3-5-11/h1-9H,10H2. The number of benzene rings is 1. The summed E-state index contributed by atoms with van der Waals surface area (Å²) < 4.78 is 9.31. The maximum Gasteiger partial charge on any atom is 0.338 e. The summed E-state index contributed by atoms with van der Waals surface area (Å²) in [5, 5.41) is 0. The molecule has 2 rings (SSSR count). The number of hydrogen-bond acceptors (Lipinski definition) is 2. The van der Waals surface area contributed by atoms with E-state index in [0.717, 1.165) is 5.56 Å². The molecule has 0 N–H and O–H groups in total. The van der Waals surface area contributed by atoms with E-state index in [2.05, 4.69) is 8.09 Å². The van der Waals surface area contributed by atoms with E-state index in [1.165, 1.54) is 0 Å². The number of rotatable bonds is 3. The van der Waals surface area contributed by atoms with Crippen LogP contribution in [-0.4, -0.2) is 9.98 Å². The predicted octanol–water partition coefficient (Wildman–Crippen LogP) is 2.96. The Morgan fingerprint density at radius 3 is 2.75 bits per heavy atom. The third-order valence-corrected chi connectivity index (χ3v) is 3.63. The lowest BCUT2D eigenvalue weighted by atomic mass is 10.2. The Labute approximate surface area is 104 Å². The van der Waals surface area contributed by atoms with Crippen LogP contribution >= 0.6 is 20.7 Å². The van der Waals surface area contributed by atoms with Crippen molar-refractivity contribution in [1.82, 2.24) is 0 Å². The number of carbonyl (C=O) groups is 1. The molecule has 0 radical (unpaired) electrons. The molecule has 0 aliphatic carbocycles. The first-order valence-corrected chi connectivity index (χ1v) is 7.38. The molecule has 1 aromatic carbocycles. The minimum Gasteiger partial charge on any atom is -0.457 e. The summed E-state index contributed by atoms with van der Waals surface area (Å²) in [6.07, 6.45) is 3.70. The lowest BCUT2D eigenvalue weighted by Gasteiger charge is -2.05. The van der Waals surface area contributed by atoms with Crippen molar-refractivity contribution in [3.63, 3.8) is 0 Å². The molecule has 82 valence electrons. The SMILES string of the molecule is O=C(OCc1ccccc1)C1=CC=IC=C1. The van der Waals surface area contributed by atoms with Crippen molar-refractivity contribution in [3.05, 3.63) is 57.7 Å². The van der Waals surface area contributed by atoms with Crippen molar-refractivity contribution >= 4 is 30.7 Å². The summed E-state index contributed by atoms with van der Waals surface area (Å²) in [5.41, 5.74) is 1.65. The van der Waals surface area contributed by atoms with Crippen molar-refractivity contribution in [3.8, 4) is 0 Å². The molecule has 16 heavy (non-hydrogen) atoms. The average Bonchev–Trinajstić information content (AvgIpc) is 2.38. The van der Waals surface area contributed by atoms with E-state index in [-0.39, 0.29) is 26.7 Å². The van der Waals surface area contributed by atoms with Gasteiger partial charge in [0.05, 0.1) is 5.57 Å². The maximum absolute atomic E-state index is 11.6. The quantitative estimate of drug-likeness (QED) is 0.631. The Hall–Kier alpha value is -1.23. The van der Waals surface area contributed by atoms with E-state index in [0.29, 0.717) is 12.2 Å². The Morgan fingerprint density at radius 1 is 1.25 bits per heavy atom. The predicted molar refractivity (Wildman–Crippen MR) is 73.5 cm³/mol. The van der Waals surface area contributed by atoms with Gasteiger partial charge in [-0.25, -0.2) is 4.79 Å². The van der Waals surface area contributed by atoms with Crippen molar-refractivity contribution in [2.24, 2.45) is 0 Å². The maximum atomic E-state index is 11.6. The van der Waals surface area contributed by atoms with Crippen LogP contribution in [0.2, 0.25) is 0 Å². The van der Waals surface area contributed by atoms with Crippen LogP contribution < -0.4 is 0 Å². The number of allylic oxidation sites excluding steroid dienone is 1. The molecule has 1 heterocycles. The Bertz CT molecular complexity index is 458. The van der Waals surface area contributed by atoms with Gasteiger partial charge in [0, 0.05) is 0 Å². The minimum atomic E-state index is -0.250. The summed E-state index contributed by atoms with van der Waals surface area (Å²) in [7, 11) is 0. The summed E-state index contributed by atoms with van der Waals surface area (Å²) >= 11 is 0.0179. The molecule has 0 fully saturated rings. The molecule has 2 nitrogen and oxygen atoms in total. The molecule has 0 saturated carbocycles. The highest BCUT2D eigenvalue weighted by Crippen LogP contribution is 2.12. The number of ether oxygens (including phenoxy) is 1. The molecule has 0 aromatic heterocycles. The third kappa shape index (κ3) is 3.13. The highest BCUT2D eigenvalue weighted by Gasteiger charge is 2.08. The first-order valence-electron chi connectivity index (χ1n) is 4.89. The van der Waals surface area contributed by atoms with Gasteiger partial charge in [0.2, 0.25) is 0 Å². The smallest absolute Gasteiger partial charge is 0.338 e. The van der Waals surface area contributed by atoms with Crippen LogP contribution in [0.4, 0.5) is 0 Å². The highest BCUT2D eigenvalue weighted by atomic mass is 127. The molecular formula is C13H11IO2. The van der Waals surface area contributed by atoms with Gasteiger partial charge in [-0.15, -0.1) is 0 Å². The minimum absolute atomic E-state index is 0.0179. The van der Waals surface area contributed by atoms with Gasteiger partial charge in [-0.3, -0.25) is 0 Å². The van der Waals surface area contributed by atoms with Gasteiger partial charge < -0.3 is 4.74 Å². The fourth-order valence-electron chi connectivity index (χ4n) is 1.25. The second kappa shape index (κ2) is 5.75. The summed E-state index contributed by atoms with van der Waals surface area (Å²) in [5.74, 6) is -0.250. The van der Waals surface area contributed by atoms with E-state index in [1.807, 2.05) is 42.5 Å². The zero-order valence-electron chi connectivity index (χ0n) is 8.60. The Kier molecular flexibility index (Phi) is 4.04. The molecule has 0 amide bonds. The van der Waals surface area contributed by atoms with E-state index < -0.39 is 0 Å². The van der Waals surface area contributed by atoms with Crippen LogP contribution in [0.5, 0.6) is 0 Å². The average molecular weight is 326 g/mol. The van der Waals surface area contributed by atoms with Crippen LogP contribution in [0, 0.1) is 0 Å². The first kappa shape index (κ1) is 11.3. The van der Waals surface area contributed by atoms with Gasteiger partial charge in [0.15, 0.2) is 0 Å². The molecule has 1 aromatic rings. The van der Waals surface area contributed by atoms with Crippen molar-refractivity contribution in [2.75, 3.05) is 0 Å². The monoisotopic (exact) mass is 326 g/mol. The number of carbonyl (C=O) groups excluding carboxylic acids is 1. The molecule has 3 heteroatoms. The summed E-state index contributed by atoms with van der Waals surface area (Å²) in [6, 6.07) is 9.69. The molecule has 0 bridgehead atoms. The molecule has 0 unspecified atom stereocenters. The molecule has 1 aliphatic rings. The normalized spacial score (nSPS) is 13.9. The number of hydrogen-bond donors (Lipinski definition) is 0. The second-order valence-electron chi connectivity index (χ2n) is 3.23. The number of halogens is 1. The molecule has 0 saturated heterocycles. The van der Waals surface area contributed by atoms with Gasteiger partial charge in [0.25, 0.3) is 0 Å². The Morgan fingerprint density at radius 2 is 2.06 bits per heavy atom. The van der Waals surface area contributed by atoms with Crippen molar-refractivity contribution < 1.29 is 9.53 Å². The van der Waals surface area contributed by atoms with E-state index in [9.17, 15) is 4.79 Å². The lowest BCUT2D eigenvalue weighted by molar-refractivity contribution is -0.139. The zero-order chi connectivity index (χ0) is 11.2. The number of esters is 1. The van der Waals surface area contributed by atoms with Crippen molar-refractivity contribution in [1.29, 1.82) is 0 Å². The summed E-state index contributed by atoms with van der Waals surface area (Å²) in [6.45, 7) is 0.333. The van der Waals surface area contributed by atoms with Crippen LogP contribution in [0.3, 0.4) is 0 Å². The fraction of sp³-hybridized carbons (Fsp3) is 0.0769. The molecule has 1 aliphatic heterocycles. The van der Waals surface area contributed by atoms with Crippen LogP contribution in [0.1, 0.15) is 5.56 Å². The zero-order valence-corrected chi connectivity index (χ0v) is 10.8. The third-order valence-electron chi connectivity index (χ3n) is 2.08. The van der Waals surface area contributed by atoms with Gasteiger partial charge in [-0.05, 0) is 25.8 Å². The van der Waals surface area contributed by atoms with E-state index in [1.54, 1.807) is 0 Å². The largest absolute Gasteiger partial charge is 0.457 e. The fourth-order valence-corrected chi connectivity index (χ4v) is 2.68.